The van der Waals surface area contributed by atoms with Crippen molar-refractivity contribution in [3.8, 4) is 0 Å². The van der Waals surface area contributed by atoms with Gasteiger partial charge in [-0.3, -0.25) is 19.3 Å². The molecule has 0 aliphatic carbocycles. The van der Waals surface area contributed by atoms with Crippen LogP contribution < -0.4 is 26.5 Å². The molecule has 5 N–H and O–H groups in total. The number of aliphatic carboxylic acids is 1. The monoisotopic (exact) mass is 552 g/mol. The number of fused-ring (bicyclic) bond motifs is 2. The summed E-state index contributed by atoms with van der Waals surface area (Å²) in [6.07, 6.45) is 1.63. The molecule has 200 valence electrons. The molecule has 2 atom stereocenters. The van der Waals surface area contributed by atoms with Gasteiger partial charge in [-0.1, -0.05) is 22.4 Å². The molecule has 1 aromatic carbocycles. The van der Waals surface area contributed by atoms with Crippen LogP contribution in [0.3, 0.4) is 0 Å². The molecule has 1 unspecified atom stereocenters. The predicted molar refractivity (Wildman–Crippen MR) is 132 cm³/mol. The molecule has 0 saturated carbocycles. The third-order valence-corrected chi connectivity index (χ3v) is 7.47. The van der Waals surface area contributed by atoms with Gasteiger partial charge in [0.1, 0.15) is 18.5 Å². The second-order valence-corrected chi connectivity index (χ2v) is 9.52. The van der Waals surface area contributed by atoms with Crippen molar-refractivity contribution in [1.29, 1.82) is 0 Å². The van der Waals surface area contributed by atoms with Crippen LogP contribution in [0.5, 0.6) is 0 Å². The lowest BCUT2D eigenvalue weighted by Gasteiger charge is -2.50. The van der Waals surface area contributed by atoms with E-state index in [0.717, 1.165) is 4.90 Å². The summed E-state index contributed by atoms with van der Waals surface area (Å²) in [5.74, 6) is -3.65. The number of nitrogens with zero attached hydrogens (tertiary/aromatic N) is 5. The Bertz CT molecular complexity index is 1600. The molecular weight excluding hydrogens is 532 g/mol. The van der Waals surface area contributed by atoms with E-state index < -0.39 is 35.1 Å². The molecule has 0 bridgehead atoms. The van der Waals surface area contributed by atoms with Gasteiger partial charge in [0.2, 0.25) is 23.0 Å². The van der Waals surface area contributed by atoms with Crippen molar-refractivity contribution in [2.75, 3.05) is 18.6 Å². The SMILES string of the molecule is CON=C(C(=O)NC1C(=O)N2C(C(=O)[O-])=C(C[n+]3ccc(C(N)=O)c4ccccc43)CS[C@@H]12)c1noc(N)n1. The first-order valence-corrected chi connectivity index (χ1v) is 12.4. The van der Waals surface area contributed by atoms with Gasteiger partial charge in [-0.25, -0.2) is 0 Å². The Hall–Kier alpha value is -4.99. The van der Waals surface area contributed by atoms with Crippen LogP contribution in [0.25, 0.3) is 10.9 Å². The minimum atomic E-state index is -1.53. The number of carbonyl (C=O) groups is 4. The summed E-state index contributed by atoms with van der Waals surface area (Å²) in [6.45, 7) is 0.104. The number of pyridine rings is 1. The number of para-hydroxylation sites is 1. The summed E-state index contributed by atoms with van der Waals surface area (Å²) < 4.78 is 6.42. The van der Waals surface area contributed by atoms with Crippen LogP contribution in [0.15, 0.2) is 57.5 Å². The van der Waals surface area contributed by atoms with E-state index in [1.54, 1.807) is 41.1 Å². The van der Waals surface area contributed by atoms with Crippen molar-refractivity contribution >= 4 is 58.1 Å². The van der Waals surface area contributed by atoms with Crippen LogP contribution in [-0.2, 0) is 25.8 Å². The fourth-order valence-electron chi connectivity index (χ4n) is 4.45. The molecule has 39 heavy (non-hydrogen) atoms. The number of benzene rings is 1. The molecular formula is C23H20N8O7S. The number of carbonyl (C=O) groups excluding carboxylic acids is 4. The van der Waals surface area contributed by atoms with Gasteiger partial charge in [0.15, 0.2) is 12.7 Å². The van der Waals surface area contributed by atoms with Crippen LogP contribution in [0, 0.1) is 0 Å². The number of thioether (sulfide) groups is 1. The maximum absolute atomic E-state index is 13.1. The van der Waals surface area contributed by atoms with Gasteiger partial charge >= 0.3 is 6.01 Å². The molecule has 16 heteroatoms. The van der Waals surface area contributed by atoms with Gasteiger partial charge in [0, 0.05) is 23.5 Å². The highest BCUT2D eigenvalue weighted by atomic mass is 32.2. The standard InChI is InChI=1S/C23H20N8O7S/c1-37-28-14(18-27-23(25)38-29-18)19(33)26-15-20(34)31-16(22(35)36)10(9-39-21(15)31)8-30-7-6-12(17(24)32)11-4-2-3-5-13(11)30/h2-7,15,21H,8-9H2,1H3,(H5-,24,25,26,27,29,32,33,35,36)/t15?,21-/m0/s1. The molecule has 1 fully saturated rings. The quantitative estimate of drug-likeness (QED) is 0.116. The number of carboxylic acids is 1. The lowest BCUT2D eigenvalue weighted by molar-refractivity contribution is -0.663. The highest BCUT2D eigenvalue weighted by Crippen LogP contribution is 2.40. The maximum Gasteiger partial charge on any atom is 0.319 e. The molecule has 2 aliphatic heterocycles. The largest absolute Gasteiger partial charge is 0.543 e. The van der Waals surface area contributed by atoms with Crippen LogP contribution in [-0.4, -0.2) is 68.7 Å². The van der Waals surface area contributed by atoms with Crippen molar-refractivity contribution in [3.63, 3.8) is 0 Å². The summed E-state index contributed by atoms with van der Waals surface area (Å²) in [4.78, 5) is 59.5. The molecule has 3 aromatic rings. The fourth-order valence-corrected chi connectivity index (χ4v) is 5.79. The van der Waals surface area contributed by atoms with Gasteiger partial charge < -0.3 is 36.0 Å². The van der Waals surface area contributed by atoms with Crippen LogP contribution in [0.2, 0.25) is 0 Å². The number of nitrogens with two attached hydrogens (primary N) is 2. The van der Waals surface area contributed by atoms with E-state index in [0.29, 0.717) is 22.0 Å². The normalized spacial score (nSPS) is 18.9. The highest BCUT2D eigenvalue weighted by molar-refractivity contribution is 8.00. The van der Waals surface area contributed by atoms with E-state index in [1.165, 1.54) is 18.9 Å². The first-order chi connectivity index (χ1) is 18.7. The molecule has 1 saturated heterocycles. The van der Waals surface area contributed by atoms with E-state index in [2.05, 4.69) is 30.0 Å². The average Bonchev–Trinajstić information content (AvgIpc) is 3.35. The Morgan fingerprint density at radius 3 is 2.77 bits per heavy atom. The maximum atomic E-state index is 13.1. The highest BCUT2D eigenvalue weighted by Gasteiger charge is 2.53. The number of nitrogens with one attached hydrogen (secondary N) is 1. The first kappa shape index (κ1) is 25.7. The lowest BCUT2D eigenvalue weighted by Crippen LogP contribution is -2.71. The van der Waals surface area contributed by atoms with Crippen LogP contribution in [0.4, 0.5) is 6.01 Å². The summed E-state index contributed by atoms with van der Waals surface area (Å²) >= 11 is 1.27. The van der Waals surface area contributed by atoms with Crippen molar-refractivity contribution in [3.05, 3.63) is 59.2 Å². The van der Waals surface area contributed by atoms with Crippen molar-refractivity contribution < 1.29 is 38.2 Å². The van der Waals surface area contributed by atoms with Gasteiger partial charge in [-0.15, -0.1) is 11.8 Å². The number of anilines is 1. The number of aromatic nitrogens is 3. The zero-order valence-corrected chi connectivity index (χ0v) is 21.0. The lowest BCUT2D eigenvalue weighted by atomic mass is 10.0. The van der Waals surface area contributed by atoms with E-state index in [-0.39, 0.29) is 35.5 Å². The third kappa shape index (κ3) is 4.50. The molecule has 4 heterocycles. The van der Waals surface area contributed by atoms with Crippen LogP contribution in [0.1, 0.15) is 16.2 Å². The summed E-state index contributed by atoms with van der Waals surface area (Å²) in [7, 11) is 1.20. The average molecular weight is 553 g/mol. The first-order valence-electron chi connectivity index (χ1n) is 11.3. The van der Waals surface area contributed by atoms with Crippen LogP contribution >= 0.6 is 11.8 Å². The fraction of sp³-hybridized carbons (Fsp3) is 0.217. The Morgan fingerprint density at radius 2 is 2.10 bits per heavy atom. The van der Waals surface area contributed by atoms with Gasteiger partial charge in [0.25, 0.3) is 11.8 Å². The molecule has 0 spiro atoms. The summed E-state index contributed by atoms with van der Waals surface area (Å²) in [6, 6.07) is 7.24. The van der Waals surface area contributed by atoms with Crippen molar-refractivity contribution in [2.24, 2.45) is 10.9 Å². The van der Waals surface area contributed by atoms with Crippen molar-refractivity contribution in [2.45, 2.75) is 18.0 Å². The smallest absolute Gasteiger partial charge is 0.319 e. The van der Waals surface area contributed by atoms with E-state index in [1.807, 2.05) is 0 Å². The Morgan fingerprint density at radius 1 is 1.33 bits per heavy atom. The van der Waals surface area contributed by atoms with Gasteiger partial charge in [0.05, 0.1) is 22.6 Å². The molecule has 15 nitrogen and oxygen atoms in total. The number of rotatable bonds is 8. The second kappa shape index (κ2) is 10.1. The van der Waals surface area contributed by atoms with Gasteiger partial charge in [-0.2, -0.15) is 9.55 Å². The minimum Gasteiger partial charge on any atom is -0.543 e. The summed E-state index contributed by atoms with van der Waals surface area (Å²) in [5.41, 5.74) is 11.6. The number of amides is 3. The number of nitrogen functional groups attached to an aromatic ring is 1. The Kier molecular flexibility index (Phi) is 6.61. The third-order valence-electron chi connectivity index (χ3n) is 6.13. The van der Waals surface area contributed by atoms with Gasteiger partial charge in [-0.05, 0) is 6.07 Å². The molecule has 0 radical (unpaired) electrons. The number of hydrogen-bond acceptors (Lipinski definition) is 12. The molecule has 5 rings (SSSR count). The summed E-state index contributed by atoms with van der Waals surface area (Å²) in [5, 5.41) is 21.7. The molecule has 3 amide bonds. The van der Waals surface area contributed by atoms with E-state index in [9.17, 15) is 24.3 Å². The zero-order chi connectivity index (χ0) is 27.8. The minimum absolute atomic E-state index is 0.104. The van der Waals surface area contributed by atoms with E-state index in [4.69, 9.17) is 11.5 Å². The second-order valence-electron chi connectivity index (χ2n) is 8.42. The number of primary amides is 1. The number of hydrogen-bond donors (Lipinski definition) is 3. The van der Waals surface area contributed by atoms with E-state index >= 15 is 0 Å². The topological polar surface area (TPSA) is 223 Å². The number of β-lactam (4-membered cyclic amide) rings is 1. The molecule has 2 aliphatic rings. The Labute approximate surface area is 223 Å². The number of oxime groups is 1. The number of carboxylic acid groups (broad SMARTS) is 1. The Balaban J connectivity index is 1.41. The zero-order valence-electron chi connectivity index (χ0n) is 20.2. The molecule has 2 aromatic heterocycles. The van der Waals surface area contributed by atoms with Crippen molar-refractivity contribution in [1.82, 2.24) is 20.4 Å². The predicted octanol–water partition coefficient (Wildman–Crippen LogP) is -2.35.